The highest BCUT2D eigenvalue weighted by Gasteiger charge is 2.16. The Bertz CT molecular complexity index is 805. The lowest BCUT2D eigenvalue weighted by molar-refractivity contribution is -0.123. The molecule has 0 spiro atoms. The van der Waals surface area contributed by atoms with Crippen molar-refractivity contribution < 1.29 is 27.7 Å². The van der Waals surface area contributed by atoms with Crippen molar-refractivity contribution in [1.82, 2.24) is 5.32 Å². The average Bonchev–Trinajstić information content (AvgIpc) is 2.74. The van der Waals surface area contributed by atoms with E-state index in [9.17, 15) is 4.79 Å². The van der Waals surface area contributed by atoms with Crippen LogP contribution in [0.15, 0.2) is 42.5 Å². The Balaban J connectivity index is 1.98. The van der Waals surface area contributed by atoms with E-state index in [2.05, 4.69) is 5.32 Å². The molecular weight excluding hydrogens is 426 g/mol. The first-order chi connectivity index (χ1) is 14.6. The molecule has 0 radical (unpaired) electrons. The van der Waals surface area contributed by atoms with Gasteiger partial charge < -0.3 is 23.7 Å². The number of para-hydroxylation sites is 2. The quantitative estimate of drug-likeness (QED) is 0.439. The molecule has 0 aromatic heterocycles. The lowest BCUT2D eigenvalue weighted by atomic mass is 10.1. The number of carbonyl (C=O) groups is 1. The molecule has 2 aromatic rings. The van der Waals surface area contributed by atoms with E-state index in [1.165, 1.54) is 7.11 Å². The summed E-state index contributed by atoms with van der Waals surface area (Å²) in [6.07, 6.45) is 2.58. The van der Waals surface area contributed by atoms with Gasteiger partial charge in [-0.15, -0.1) is 0 Å². The fraction of sp³-hybridized carbons (Fsp3) is 0.381. The van der Waals surface area contributed by atoms with Crippen LogP contribution < -0.4 is 23.7 Å². The molecule has 9 heteroatoms. The van der Waals surface area contributed by atoms with E-state index in [1.807, 2.05) is 31.4 Å². The van der Waals surface area contributed by atoms with E-state index in [4.69, 9.17) is 22.9 Å². The average molecular weight is 454 g/mol. The van der Waals surface area contributed by atoms with Crippen molar-refractivity contribution in [3.63, 3.8) is 0 Å². The summed E-state index contributed by atoms with van der Waals surface area (Å²) < 4.78 is 30.5. The van der Waals surface area contributed by atoms with Gasteiger partial charge in [-0.2, -0.15) is 11.8 Å². The summed E-state index contributed by atoms with van der Waals surface area (Å²) in [7, 11) is 1.53. The highest BCUT2D eigenvalue weighted by atomic mass is 32.2. The van der Waals surface area contributed by atoms with Gasteiger partial charge in [-0.3, -0.25) is 9.35 Å². The molecule has 0 saturated heterocycles. The molecule has 0 bridgehead atoms. The van der Waals surface area contributed by atoms with Crippen LogP contribution in [0.2, 0.25) is 0 Å². The molecule has 0 aliphatic rings. The fourth-order valence-corrected chi connectivity index (χ4v) is 3.66. The number of methoxy groups -OCH3 is 1. The number of rotatable bonds is 13. The summed E-state index contributed by atoms with van der Waals surface area (Å²) in [4.78, 5) is 12.5. The second-order valence-electron chi connectivity index (χ2n) is 6.24. The van der Waals surface area contributed by atoms with E-state index < -0.39 is 0 Å². The standard InChI is InChI=1S/C21H27NO6S2/c1-4-26-18-7-5-6-8-19(18)27-13-21(23)22-16(14-29-3)11-15-9-10-17(25-2)20(12-15)28-30-24/h5-10,12,16,24H,4,11,13-14H2,1-3H3,(H,22,23)/t16-/m0/s1. The Labute approximate surface area is 185 Å². The third-order valence-electron chi connectivity index (χ3n) is 4.08. The summed E-state index contributed by atoms with van der Waals surface area (Å²) in [5.74, 6) is 2.62. The molecule has 1 atom stereocenters. The number of hydrogen-bond donors (Lipinski definition) is 2. The van der Waals surface area contributed by atoms with Crippen LogP contribution in [0.5, 0.6) is 23.0 Å². The van der Waals surface area contributed by atoms with E-state index >= 15 is 0 Å². The number of nitrogens with one attached hydrogen (secondary N) is 1. The van der Waals surface area contributed by atoms with Crippen LogP contribution in [0, 0.1) is 0 Å². The molecule has 0 aliphatic carbocycles. The third-order valence-corrected chi connectivity index (χ3v) is 5.07. The van der Waals surface area contributed by atoms with Gasteiger partial charge in [0.1, 0.15) is 0 Å². The molecule has 164 valence electrons. The molecule has 0 unspecified atom stereocenters. The van der Waals surface area contributed by atoms with E-state index in [-0.39, 0.29) is 30.9 Å². The highest BCUT2D eigenvalue weighted by Crippen LogP contribution is 2.30. The molecule has 7 nitrogen and oxygen atoms in total. The van der Waals surface area contributed by atoms with Crippen LogP contribution in [0.25, 0.3) is 0 Å². The Morgan fingerprint density at radius 2 is 1.83 bits per heavy atom. The molecule has 30 heavy (non-hydrogen) atoms. The van der Waals surface area contributed by atoms with Gasteiger partial charge in [0, 0.05) is 11.8 Å². The van der Waals surface area contributed by atoms with Crippen LogP contribution in [0.4, 0.5) is 0 Å². The van der Waals surface area contributed by atoms with Crippen molar-refractivity contribution in [2.75, 3.05) is 32.3 Å². The van der Waals surface area contributed by atoms with Gasteiger partial charge in [0.2, 0.25) is 12.3 Å². The Kier molecular flexibility index (Phi) is 10.5. The molecular formula is C21H27NO6S2. The topological polar surface area (TPSA) is 86.3 Å². The summed E-state index contributed by atoms with van der Waals surface area (Å²) in [5, 5.41) is 3.02. The number of hydrogen-bond acceptors (Lipinski definition) is 8. The molecule has 2 N–H and O–H groups in total. The minimum absolute atomic E-state index is 0.0961. The SMILES string of the molecule is CCOc1ccccc1OCC(=O)N[C@H](CSC)Cc1ccc(OC)c(OSO)c1. The van der Waals surface area contributed by atoms with Gasteiger partial charge in [-0.1, -0.05) is 18.2 Å². The molecule has 0 fully saturated rings. The number of ether oxygens (including phenoxy) is 3. The summed E-state index contributed by atoms with van der Waals surface area (Å²) in [5.41, 5.74) is 0.946. The van der Waals surface area contributed by atoms with Crippen molar-refractivity contribution >= 4 is 30.0 Å². The van der Waals surface area contributed by atoms with Gasteiger partial charge in [-0.25, -0.2) is 0 Å². The number of carbonyl (C=O) groups excluding carboxylic acids is 1. The third kappa shape index (κ3) is 7.55. The largest absolute Gasteiger partial charge is 0.493 e. The van der Waals surface area contributed by atoms with E-state index in [0.717, 1.165) is 11.3 Å². The van der Waals surface area contributed by atoms with Crippen LogP contribution in [0.3, 0.4) is 0 Å². The van der Waals surface area contributed by atoms with Crippen LogP contribution in [0.1, 0.15) is 12.5 Å². The van der Waals surface area contributed by atoms with Crippen molar-refractivity contribution in [3.8, 4) is 23.0 Å². The van der Waals surface area contributed by atoms with Crippen LogP contribution >= 0.6 is 24.1 Å². The zero-order valence-electron chi connectivity index (χ0n) is 17.3. The fourth-order valence-electron chi connectivity index (χ4n) is 2.85. The van der Waals surface area contributed by atoms with E-state index in [0.29, 0.717) is 36.0 Å². The minimum atomic E-state index is -0.212. The van der Waals surface area contributed by atoms with Crippen LogP contribution in [-0.4, -0.2) is 48.8 Å². The molecule has 2 rings (SSSR count). The lowest BCUT2D eigenvalue weighted by Gasteiger charge is -2.19. The molecule has 0 aliphatic heterocycles. The second kappa shape index (κ2) is 13.1. The molecule has 2 aromatic carbocycles. The van der Waals surface area contributed by atoms with Gasteiger partial charge in [0.25, 0.3) is 5.91 Å². The maximum absolute atomic E-state index is 12.5. The Hall–Kier alpha value is -2.23. The van der Waals surface area contributed by atoms with Gasteiger partial charge in [0.05, 0.1) is 13.7 Å². The highest BCUT2D eigenvalue weighted by molar-refractivity contribution is 7.98. The molecule has 0 saturated carbocycles. The van der Waals surface area contributed by atoms with Crippen molar-refractivity contribution in [3.05, 3.63) is 48.0 Å². The Morgan fingerprint density at radius 1 is 1.10 bits per heavy atom. The predicted octanol–water partition coefficient (Wildman–Crippen LogP) is 4.06. The zero-order chi connectivity index (χ0) is 21.8. The first kappa shape index (κ1) is 24.0. The smallest absolute Gasteiger partial charge is 0.258 e. The maximum Gasteiger partial charge on any atom is 0.258 e. The first-order valence-electron chi connectivity index (χ1n) is 9.39. The van der Waals surface area contributed by atoms with Crippen molar-refractivity contribution in [2.24, 2.45) is 0 Å². The normalized spacial score (nSPS) is 11.5. The monoisotopic (exact) mass is 453 g/mol. The Morgan fingerprint density at radius 3 is 2.47 bits per heavy atom. The van der Waals surface area contributed by atoms with Gasteiger partial charge in [0.15, 0.2) is 29.6 Å². The lowest BCUT2D eigenvalue weighted by Crippen LogP contribution is -2.40. The van der Waals surface area contributed by atoms with Crippen molar-refractivity contribution in [2.45, 2.75) is 19.4 Å². The summed E-state index contributed by atoms with van der Waals surface area (Å²) in [6.45, 7) is 2.31. The van der Waals surface area contributed by atoms with Gasteiger partial charge in [-0.05, 0) is 49.4 Å². The molecule has 0 heterocycles. The first-order valence-corrected chi connectivity index (χ1v) is 11.5. The summed E-state index contributed by atoms with van der Waals surface area (Å²) >= 11 is 1.90. The number of benzene rings is 2. The molecule has 1 amide bonds. The van der Waals surface area contributed by atoms with Crippen LogP contribution in [-0.2, 0) is 11.2 Å². The predicted molar refractivity (Wildman–Crippen MR) is 121 cm³/mol. The number of thioether (sulfide) groups is 1. The summed E-state index contributed by atoms with van der Waals surface area (Å²) in [6, 6.07) is 12.6. The van der Waals surface area contributed by atoms with Crippen molar-refractivity contribution in [1.29, 1.82) is 0 Å². The van der Waals surface area contributed by atoms with Gasteiger partial charge >= 0.3 is 0 Å². The van der Waals surface area contributed by atoms with E-state index in [1.54, 1.807) is 36.0 Å². The maximum atomic E-state index is 12.5. The number of amides is 1. The minimum Gasteiger partial charge on any atom is -0.493 e. The second-order valence-corrected chi connectivity index (χ2v) is 7.46. The zero-order valence-corrected chi connectivity index (χ0v) is 18.9.